The van der Waals surface area contributed by atoms with E-state index in [4.69, 9.17) is 11.1 Å². The molecule has 3 N–H and O–H groups in total. The number of rotatable bonds is 12. The van der Waals surface area contributed by atoms with Gasteiger partial charge in [0.05, 0.1) is 0 Å². The lowest BCUT2D eigenvalue weighted by atomic mass is 10.0. The van der Waals surface area contributed by atoms with E-state index in [2.05, 4.69) is 44.2 Å². The molecular weight excluding hydrogens is 268 g/mol. The molecule has 2 nitrogen and oxygen atoms in total. The zero-order valence-corrected chi connectivity index (χ0v) is 14.2. The third kappa shape index (κ3) is 10.9. The van der Waals surface area contributed by atoms with Crippen molar-refractivity contribution in [3.63, 3.8) is 0 Å². The third-order valence-corrected chi connectivity index (χ3v) is 3.28. The van der Waals surface area contributed by atoms with Crippen LogP contribution in [0.3, 0.4) is 0 Å². The van der Waals surface area contributed by atoms with E-state index in [0.717, 1.165) is 24.0 Å². The molecule has 122 valence electrons. The maximum Gasteiger partial charge on any atom is 0.0183 e. The molecule has 22 heavy (non-hydrogen) atoms. The highest BCUT2D eigenvalue weighted by Gasteiger charge is 1.96. The summed E-state index contributed by atoms with van der Waals surface area (Å²) in [5.41, 5.74) is 7.61. The fraction of sp³-hybridized carbons (Fsp3) is 0.450. The monoisotopic (exact) mass is 300 g/mol. The largest absolute Gasteiger partial charge is 0.405 e. The third-order valence-electron chi connectivity index (χ3n) is 3.28. The average Bonchev–Trinajstić information content (AvgIpc) is 2.52. The first-order valence-corrected chi connectivity index (χ1v) is 8.42. The zero-order valence-electron chi connectivity index (χ0n) is 14.2. The summed E-state index contributed by atoms with van der Waals surface area (Å²) >= 11 is 0. The number of unbranched alkanes of at least 4 members (excludes halogenated alkanes) is 5. The Morgan fingerprint density at radius 3 is 2.18 bits per heavy atom. The second kappa shape index (κ2) is 15.6. The van der Waals surface area contributed by atoms with Gasteiger partial charge in [0.25, 0.3) is 0 Å². The molecule has 0 saturated carbocycles. The molecule has 0 aromatic rings. The molecule has 0 unspecified atom stereocenters. The van der Waals surface area contributed by atoms with Gasteiger partial charge in [0, 0.05) is 6.21 Å². The molecule has 0 saturated heterocycles. The van der Waals surface area contributed by atoms with Crippen molar-refractivity contribution in [2.45, 2.75) is 58.8 Å². The van der Waals surface area contributed by atoms with E-state index in [-0.39, 0.29) is 0 Å². The van der Waals surface area contributed by atoms with Gasteiger partial charge < -0.3 is 11.1 Å². The van der Waals surface area contributed by atoms with Crippen molar-refractivity contribution in [1.82, 2.24) is 0 Å². The highest BCUT2D eigenvalue weighted by Crippen LogP contribution is 2.14. The molecule has 0 aromatic heterocycles. The van der Waals surface area contributed by atoms with Crippen LogP contribution in [0, 0.1) is 5.41 Å². The van der Waals surface area contributed by atoms with Crippen molar-refractivity contribution in [2.24, 2.45) is 5.73 Å². The average molecular weight is 300 g/mol. The van der Waals surface area contributed by atoms with Crippen molar-refractivity contribution in [3.8, 4) is 0 Å². The van der Waals surface area contributed by atoms with Crippen LogP contribution in [0.5, 0.6) is 0 Å². The quantitative estimate of drug-likeness (QED) is 0.265. The van der Waals surface area contributed by atoms with Gasteiger partial charge in [0.1, 0.15) is 0 Å². The lowest BCUT2D eigenvalue weighted by Gasteiger charge is -2.02. The zero-order chi connectivity index (χ0) is 16.5. The summed E-state index contributed by atoms with van der Waals surface area (Å²) in [6, 6.07) is 0. The van der Waals surface area contributed by atoms with Crippen LogP contribution < -0.4 is 5.73 Å². The van der Waals surface area contributed by atoms with Crippen LogP contribution in [0.2, 0.25) is 0 Å². The molecule has 0 aromatic carbocycles. The molecule has 0 aliphatic heterocycles. The summed E-state index contributed by atoms with van der Waals surface area (Å²) in [4.78, 5) is 0. The smallest absolute Gasteiger partial charge is 0.0183 e. The molecule has 2 heteroatoms. The van der Waals surface area contributed by atoms with Gasteiger partial charge in [-0.15, -0.1) is 0 Å². The van der Waals surface area contributed by atoms with E-state index in [0.29, 0.717) is 0 Å². The van der Waals surface area contributed by atoms with Crippen LogP contribution in [0.4, 0.5) is 0 Å². The molecular formula is C20H32N2. The highest BCUT2D eigenvalue weighted by molar-refractivity contribution is 5.73. The van der Waals surface area contributed by atoms with Crippen LogP contribution in [0.25, 0.3) is 0 Å². The highest BCUT2D eigenvalue weighted by atomic mass is 14.5. The predicted molar refractivity (Wildman–Crippen MR) is 100 cm³/mol. The second-order valence-electron chi connectivity index (χ2n) is 5.24. The lowest BCUT2D eigenvalue weighted by molar-refractivity contribution is 0.729. The van der Waals surface area contributed by atoms with Crippen LogP contribution in [0.1, 0.15) is 58.8 Å². The minimum atomic E-state index is 1.02. The summed E-state index contributed by atoms with van der Waals surface area (Å²) in [6.45, 7) is 4.41. The maximum atomic E-state index is 7.34. The normalized spacial score (nSPS) is 13.7. The summed E-state index contributed by atoms with van der Waals surface area (Å²) in [7, 11) is 0. The SMILES string of the molecule is CCCC/C=C/C=C(\C=C/N)C(=CC=N)/C=C\CCCCC. The van der Waals surface area contributed by atoms with Gasteiger partial charge in [-0.05, 0) is 48.8 Å². The Bertz CT molecular complexity index is 423. The van der Waals surface area contributed by atoms with Crippen LogP contribution >= 0.6 is 0 Å². The Labute approximate surface area is 136 Å². The Kier molecular flexibility index (Phi) is 14.3. The Morgan fingerprint density at radius 2 is 1.55 bits per heavy atom. The Balaban J connectivity index is 4.88. The first kappa shape index (κ1) is 20.2. The van der Waals surface area contributed by atoms with Gasteiger partial charge in [-0.25, -0.2) is 0 Å². The molecule has 0 fully saturated rings. The molecule has 0 heterocycles. The van der Waals surface area contributed by atoms with E-state index >= 15 is 0 Å². The van der Waals surface area contributed by atoms with Crippen LogP contribution in [-0.4, -0.2) is 6.21 Å². The molecule has 0 spiro atoms. The molecule has 0 atom stereocenters. The van der Waals surface area contributed by atoms with Crippen molar-refractivity contribution < 1.29 is 0 Å². The van der Waals surface area contributed by atoms with Crippen molar-refractivity contribution in [1.29, 1.82) is 5.41 Å². The fourth-order valence-corrected chi connectivity index (χ4v) is 2.00. The topological polar surface area (TPSA) is 49.9 Å². The fourth-order valence-electron chi connectivity index (χ4n) is 2.00. The second-order valence-corrected chi connectivity index (χ2v) is 5.24. The minimum absolute atomic E-state index is 1.02. The molecule has 0 bridgehead atoms. The van der Waals surface area contributed by atoms with E-state index in [1.807, 2.05) is 12.2 Å². The predicted octanol–water partition coefficient (Wildman–Crippen LogP) is 5.84. The lowest BCUT2D eigenvalue weighted by Crippen LogP contribution is -1.87. The van der Waals surface area contributed by atoms with Gasteiger partial charge >= 0.3 is 0 Å². The van der Waals surface area contributed by atoms with Crippen molar-refractivity contribution in [2.75, 3.05) is 0 Å². The van der Waals surface area contributed by atoms with Crippen LogP contribution in [0.15, 0.2) is 59.9 Å². The summed E-state index contributed by atoms with van der Waals surface area (Å²) in [6.07, 6.45) is 25.5. The minimum Gasteiger partial charge on any atom is -0.405 e. The van der Waals surface area contributed by atoms with Crippen molar-refractivity contribution in [3.05, 3.63) is 59.9 Å². The molecule has 0 aliphatic carbocycles. The Morgan fingerprint density at radius 1 is 0.864 bits per heavy atom. The van der Waals surface area contributed by atoms with E-state index < -0.39 is 0 Å². The molecule has 0 radical (unpaired) electrons. The number of hydrogen-bond acceptors (Lipinski definition) is 2. The van der Waals surface area contributed by atoms with Gasteiger partial charge in [0.2, 0.25) is 0 Å². The number of hydrogen-bond donors (Lipinski definition) is 2. The van der Waals surface area contributed by atoms with E-state index in [9.17, 15) is 0 Å². The Hall–Kier alpha value is -1.83. The van der Waals surface area contributed by atoms with Crippen molar-refractivity contribution >= 4 is 6.21 Å². The number of allylic oxidation sites excluding steroid dienone is 9. The van der Waals surface area contributed by atoms with Gasteiger partial charge in [-0.1, -0.05) is 69.9 Å². The maximum absolute atomic E-state index is 7.34. The summed E-state index contributed by atoms with van der Waals surface area (Å²) < 4.78 is 0. The standard InChI is InChI=1S/C20H32N2/c1-3-5-7-9-11-13-19(15-17-21)20(16-18-22)14-12-10-8-6-4-2/h9,11-18,22H,3-8,10,21H2,1-2H3/b11-9+,14-12-,17-15-,19-13+,20-16?,22-18?. The number of nitrogens with one attached hydrogen (secondary N) is 1. The van der Waals surface area contributed by atoms with Gasteiger partial charge in [-0.2, -0.15) is 0 Å². The van der Waals surface area contributed by atoms with E-state index in [1.165, 1.54) is 38.3 Å². The first-order valence-electron chi connectivity index (χ1n) is 8.42. The molecule has 0 rings (SSSR count). The van der Waals surface area contributed by atoms with Crippen LogP contribution in [-0.2, 0) is 0 Å². The number of nitrogens with two attached hydrogens (primary N) is 1. The van der Waals surface area contributed by atoms with E-state index in [1.54, 1.807) is 6.20 Å². The first-order chi connectivity index (χ1) is 10.8. The van der Waals surface area contributed by atoms with Gasteiger partial charge in [0.15, 0.2) is 0 Å². The molecule has 0 aliphatic rings. The summed E-state index contributed by atoms with van der Waals surface area (Å²) in [5.74, 6) is 0. The van der Waals surface area contributed by atoms with Gasteiger partial charge in [-0.3, -0.25) is 0 Å². The molecule has 0 amide bonds. The summed E-state index contributed by atoms with van der Waals surface area (Å²) in [5, 5.41) is 7.34.